The third kappa shape index (κ3) is 2.71. The number of carbonyl (C=O) groups excluding carboxylic acids is 1. The average Bonchev–Trinajstić information content (AvgIpc) is 3.06. The number of piperidine rings is 1. The maximum atomic E-state index is 12.4. The largest absolute Gasteiger partial charge is 0.348 e. The van der Waals surface area contributed by atoms with Crippen molar-refractivity contribution in [2.45, 2.75) is 69.5 Å². The Morgan fingerprint density at radius 3 is 2.90 bits per heavy atom. The normalized spacial score (nSPS) is 34.5. The van der Waals surface area contributed by atoms with Crippen LogP contribution in [0.3, 0.4) is 0 Å². The van der Waals surface area contributed by atoms with Gasteiger partial charge < -0.3 is 10.6 Å². The Morgan fingerprint density at radius 1 is 1.29 bits per heavy atom. The minimum Gasteiger partial charge on any atom is -0.348 e. The number of fused-ring (bicyclic) bond motifs is 3. The number of nitrogens with one attached hydrogen (secondary N) is 3. The van der Waals surface area contributed by atoms with Gasteiger partial charge in [-0.2, -0.15) is 5.10 Å². The summed E-state index contributed by atoms with van der Waals surface area (Å²) in [4.78, 5) is 12.4. The SMILES string of the molecule is O=C(CC1CC2CCC(C1)N2)NC1CCCc2cn[nH]c21. The van der Waals surface area contributed by atoms with Crippen LogP contribution in [-0.4, -0.2) is 28.2 Å². The molecule has 21 heavy (non-hydrogen) atoms. The quantitative estimate of drug-likeness (QED) is 0.794. The lowest BCUT2D eigenvalue weighted by molar-refractivity contribution is -0.123. The van der Waals surface area contributed by atoms with Crippen molar-refractivity contribution >= 4 is 5.91 Å². The fraction of sp³-hybridized carbons (Fsp3) is 0.750. The Kier molecular flexibility index (Phi) is 3.45. The minimum atomic E-state index is 0.141. The molecule has 114 valence electrons. The molecule has 3 heterocycles. The molecule has 1 aliphatic carbocycles. The maximum absolute atomic E-state index is 12.4. The van der Waals surface area contributed by atoms with Gasteiger partial charge in [0.05, 0.1) is 17.9 Å². The Bertz CT molecular complexity index is 514. The van der Waals surface area contributed by atoms with Gasteiger partial charge in [-0.3, -0.25) is 9.89 Å². The topological polar surface area (TPSA) is 69.8 Å². The molecule has 2 aliphatic heterocycles. The van der Waals surface area contributed by atoms with Crippen molar-refractivity contribution in [3.63, 3.8) is 0 Å². The van der Waals surface area contributed by atoms with E-state index in [-0.39, 0.29) is 11.9 Å². The van der Waals surface area contributed by atoms with Crippen LogP contribution in [0.1, 0.15) is 62.2 Å². The molecule has 0 radical (unpaired) electrons. The Labute approximate surface area is 125 Å². The third-order valence-corrected chi connectivity index (χ3v) is 5.42. The first-order valence-electron chi connectivity index (χ1n) is 8.35. The van der Waals surface area contributed by atoms with Crippen LogP contribution in [0, 0.1) is 5.92 Å². The predicted molar refractivity (Wildman–Crippen MR) is 79.7 cm³/mol. The van der Waals surface area contributed by atoms with E-state index in [2.05, 4.69) is 20.8 Å². The van der Waals surface area contributed by atoms with E-state index in [1.165, 1.54) is 31.2 Å². The van der Waals surface area contributed by atoms with E-state index in [1.807, 2.05) is 6.20 Å². The first-order valence-corrected chi connectivity index (χ1v) is 8.35. The summed E-state index contributed by atoms with van der Waals surface area (Å²) in [5, 5.41) is 14.1. The zero-order valence-electron chi connectivity index (χ0n) is 12.4. The second-order valence-corrected chi connectivity index (χ2v) is 7.00. The van der Waals surface area contributed by atoms with E-state index in [4.69, 9.17) is 0 Å². The fourth-order valence-corrected chi connectivity index (χ4v) is 4.46. The molecule has 1 amide bonds. The lowest BCUT2D eigenvalue weighted by atomic mass is 9.89. The van der Waals surface area contributed by atoms with Gasteiger partial charge in [0, 0.05) is 18.5 Å². The van der Waals surface area contributed by atoms with Crippen molar-refractivity contribution in [3.8, 4) is 0 Å². The minimum absolute atomic E-state index is 0.141. The number of aromatic nitrogens is 2. The Balaban J connectivity index is 1.35. The zero-order chi connectivity index (χ0) is 14.2. The van der Waals surface area contributed by atoms with E-state index in [0.29, 0.717) is 24.4 Å². The molecule has 0 aromatic carbocycles. The van der Waals surface area contributed by atoms with Gasteiger partial charge >= 0.3 is 0 Å². The first kappa shape index (κ1) is 13.3. The highest BCUT2D eigenvalue weighted by Crippen LogP contribution is 2.33. The van der Waals surface area contributed by atoms with Gasteiger partial charge in [0.1, 0.15) is 0 Å². The molecule has 2 bridgehead atoms. The summed E-state index contributed by atoms with van der Waals surface area (Å²) >= 11 is 0. The molecule has 3 aliphatic rings. The Hall–Kier alpha value is -1.36. The number of rotatable bonds is 3. The number of amides is 1. The molecule has 0 spiro atoms. The van der Waals surface area contributed by atoms with Crippen molar-refractivity contribution in [1.82, 2.24) is 20.8 Å². The summed E-state index contributed by atoms with van der Waals surface area (Å²) in [6, 6.07) is 1.47. The van der Waals surface area contributed by atoms with Gasteiger partial charge in [0.2, 0.25) is 5.91 Å². The molecular formula is C16H24N4O. The Morgan fingerprint density at radius 2 is 2.10 bits per heavy atom. The van der Waals surface area contributed by atoms with Gasteiger partial charge in [0.25, 0.3) is 0 Å². The molecular weight excluding hydrogens is 264 g/mol. The second kappa shape index (κ2) is 5.44. The summed E-state index contributed by atoms with van der Waals surface area (Å²) in [7, 11) is 0. The van der Waals surface area contributed by atoms with Gasteiger partial charge in [-0.25, -0.2) is 0 Å². The maximum Gasteiger partial charge on any atom is 0.220 e. The lowest BCUT2D eigenvalue weighted by Crippen LogP contribution is -2.40. The van der Waals surface area contributed by atoms with Gasteiger partial charge in [0.15, 0.2) is 0 Å². The summed E-state index contributed by atoms with van der Waals surface area (Å²) in [6.07, 6.45) is 10.8. The number of aromatic amines is 1. The van der Waals surface area contributed by atoms with E-state index >= 15 is 0 Å². The average molecular weight is 288 g/mol. The van der Waals surface area contributed by atoms with E-state index in [0.717, 1.165) is 25.0 Å². The third-order valence-electron chi connectivity index (χ3n) is 5.42. The zero-order valence-corrected chi connectivity index (χ0v) is 12.4. The van der Waals surface area contributed by atoms with Crippen LogP contribution < -0.4 is 10.6 Å². The summed E-state index contributed by atoms with van der Waals surface area (Å²) in [5.41, 5.74) is 2.39. The highest BCUT2D eigenvalue weighted by atomic mass is 16.1. The van der Waals surface area contributed by atoms with Crippen LogP contribution in [0.15, 0.2) is 6.20 Å². The van der Waals surface area contributed by atoms with Crippen LogP contribution in [0.5, 0.6) is 0 Å². The summed E-state index contributed by atoms with van der Waals surface area (Å²) < 4.78 is 0. The van der Waals surface area contributed by atoms with Crippen molar-refractivity contribution in [2.75, 3.05) is 0 Å². The van der Waals surface area contributed by atoms with Gasteiger partial charge in [-0.15, -0.1) is 0 Å². The molecule has 5 heteroatoms. The number of carbonyl (C=O) groups is 1. The highest BCUT2D eigenvalue weighted by Gasteiger charge is 2.34. The number of H-pyrrole nitrogens is 1. The first-order chi connectivity index (χ1) is 10.3. The van der Waals surface area contributed by atoms with Gasteiger partial charge in [-0.05, 0) is 56.4 Å². The molecule has 1 aromatic rings. The number of nitrogens with zero attached hydrogens (tertiary/aromatic N) is 1. The molecule has 3 N–H and O–H groups in total. The molecule has 3 unspecified atom stereocenters. The summed E-state index contributed by atoms with van der Waals surface area (Å²) in [5.74, 6) is 0.780. The van der Waals surface area contributed by atoms with Crippen LogP contribution >= 0.6 is 0 Å². The standard InChI is InChI=1S/C16H24N4O/c21-15(8-10-6-12-4-5-13(7-10)18-12)19-14-3-1-2-11-9-17-20-16(11)14/h9-10,12-14,18H,1-8H2,(H,17,20)(H,19,21). The fourth-order valence-electron chi connectivity index (χ4n) is 4.46. The van der Waals surface area contributed by atoms with E-state index in [9.17, 15) is 4.79 Å². The van der Waals surface area contributed by atoms with E-state index < -0.39 is 0 Å². The monoisotopic (exact) mass is 288 g/mol. The smallest absolute Gasteiger partial charge is 0.220 e. The number of aryl methyl sites for hydroxylation is 1. The van der Waals surface area contributed by atoms with Crippen LogP contribution in [0.25, 0.3) is 0 Å². The molecule has 1 aromatic heterocycles. The van der Waals surface area contributed by atoms with Crippen molar-refractivity contribution in [1.29, 1.82) is 0 Å². The van der Waals surface area contributed by atoms with Crippen LogP contribution in [0.4, 0.5) is 0 Å². The van der Waals surface area contributed by atoms with Crippen molar-refractivity contribution in [2.24, 2.45) is 5.92 Å². The van der Waals surface area contributed by atoms with Crippen molar-refractivity contribution in [3.05, 3.63) is 17.5 Å². The molecule has 2 saturated heterocycles. The molecule has 3 atom stereocenters. The molecule has 0 saturated carbocycles. The highest BCUT2D eigenvalue weighted by molar-refractivity contribution is 5.76. The van der Waals surface area contributed by atoms with Crippen LogP contribution in [-0.2, 0) is 11.2 Å². The number of hydrogen-bond donors (Lipinski definition) is 3. The predicted octanol–water partition coefficient (Wildman–Crippen LogP) is 1.82. The van der Waals surface area contributed by atoms with Gasteiger partial charge in [-0.1, -0.05) is 0 Å². The second-order valence-electron chi connectivity index (χ2n) is 7.00. The molecule has 5 nitrogen and oxygen atoms in total. The van der Waals surface area contributed by atoms with Crippen LogP contribution in [0.2, 0.25) is 0 Å². The van der Waals surface area contributed by atoms with Crippen molar-refractivity contribution < 1.29 is 4.79 Å². The van der Waals surface area contributed by atoms with E-state index in [1.54, 1.807) is 0 Å². The molecule has 4 rings (SSSR count). The lowest BCUT2D eigenvalue weighted by Gasteiger charge is -2.29. The summed E-state index contributed by atoms with van der Waals surface area (Å²) in [6.45, 7) is 0. The molecule has 2 fully saturated rings. The number of hydrogen-bond acceptors (Lipinski definition) is 3.